The van der Waals surface area contributed by atoms with Gasteiger partial charge >= 0.3 is 0 Å². The Morgan fingerprint density at radius 3 is 2.22 bits per heavy atom. The lowest BCUT2D eigenvalue weighted by atomic mass is 9.96. The number of amides is 1. The summed E-state index contributed by atoms with van der Waals surface area (Å²) in [7, 11) is 0. The molecule has 46 heavy (non-hydrogen) atoms. The Kier molecular flexibility index (Phi) is 11.2. The quantitative estimate of drug-likeness (QED) is 0.131. The van der Waals surface area contributed by atoms with Gasteiger partial charge in [0.2, 0.25) is 0 Å². The zero-order chi connectivity index (χ0) is 32.3. The monoisotopic (exact) mass is 675 g/mol. The molecule has 0 aromatic heterocycles. The van der Waals surface area contributed by atoms with E-state index in [9.17, 15) is 14.7 Å². The second-order valence-electron chi connectivity index (χ2n) is 10.7. The third-order valence-electron chi connectivity index (χ3n) is 7.25. The summed E-state index contributed by atoms with van der Waals surface area (Å²) < 4.78 is 12.8. The number of carbonyl (C=O) groups is 2. The Balaban J connectivity index is 1.30. The van der Waals surface area contributed by atoms with Gasteiger partial charge in [0.25, 0.3) is 5.91 Å². The summed E-state index contributed by atoms with van der Waals surface area (Å²) in [5.41, 5.74) is 3.99. The first kappa shape index (κ1) is 32.4. The highest BCUT2D eigenvalue weighted by atomic mass is 79.9. The van der Waals surface area contributed by atoms with Gasteiger partial charge in [-0.25, -0.2) is 0 Å². The molecule has 0 bridgehead atoms. The van der Waals surface area contributed by atoms with Crippen molar-refractivity contribution >= 4 is 33.7 Å². The van der Waals surface area contributed by atoms with Crippen molar-refractivity contribution < 1.29 is 24.2 Å². The molecule has 0 spiro atoms. The summed E-state index contributed by atoms with van der Waals surface area (Å²) in [5, 5.41) is 13.0. The fraction of sp³-hybridized carbons (Fsp3) is 0.128. The van der Waals surface area contributed by atoms with Crippen molar-refractivity contribution in [3.8, 4) is 28.4 Å². The molecule has 2 N–H and O–H groups in total. The summed E-state index contributed by atoms with van der Waals surface area (Å²) in [6.45, 7) is 1.65. The van der Waals surface area contributed by atoms with Crippen LogP contribution in [0, 0.1) is 0 Å². The molecule has 1 unspecified atom stereocenters. The van der Waals surface area contributed by atoms with Gasteiger partial charge in [0, 0.05) is 10.0 Å². The fourth-order valence-corrected chi connectivity index (χ4v) is 5.27. The summed E-state index contributed by atoms with van der Waals surface area (Å²) in [5.74, 6) is 0.874. The van der Waals surface area contributed by atoms with Gasteiger partial charge in [-0.3, -0.25) is 9.59 Å². The molecule has 0 heterocycles. The highest BCUT2D eigenvalue weighted by molar-refractivity contribution is 9.10. The van der Waals surface area contributed by atoms with Crippen LogP contribution in [0.25, 0.3) is 17.2 Å². The van der Waals surface area contributed by atoms with Gasteiger partial charge in [0.1, 0.15) is 30.0 Å². The van der Waals surface area contributed by atoms with E-state index in [2.05, 4.69) is 21.2 Å². The number of ketones is 1. The van der Waals surface area contributed by atoms with Crippen LogP contribution in [0.4, 0.5) is 0 Å². The van der Waals surface area contributed by atoms with E-state index in [1.807, 2.05) is 121 Å². The molecular weight excluding hydrogens is 642 g/mol. The Morgan fingerprint density at radius 1 is 0.826 bits per heavy atom. The van der Waals surface area contributed by atoms with Crippen LogP contribution in [0.1, 0.15) is 28.4 Å². The zero-order valence-corrected chi connectivity index (χ0v) is 26.9. The van der Waals surface area contributed by atoms with Crippen LogP contribution in [0.15, 0.2) is 138 Å². The van der Waals surface area contributed by atoms with Gasteiger partial charge in [0.15, 0.2) is 5.78 Å². The van der Waals surface area contributed by atoms with Gasteiger partial charge in [-0.15, -0.1) is 0 Å². The number of nitrogens with one attached hydrogen (secondary N) is 1. The largest absolute Gasteiger partial charge is 0.489 e. The number of aliphatic hydroxyl groups is 1. The minimum absolute atomic E-state index is 0.196. The van der Waals surface area contributed by atoms with E-state index in [4.69, 9.17) is 9.47 Å². The standard InChI is InChI=1S/C39H34BrNO5/c1-27(42)38(43)35(41-39(44)34-26-31(40)22-23-36(34)45-24-10-13-28-11-4-2-5-12-28)25-29-18-20-30(21-19-29)33-16-8-9-17-37(33)46-32-14-6-3-7-15-32/h2-23,26-27,35,42H,24-25H2,1H3,(H,41,44)/b13-10+/t27?,35-/m0/s1. The van der Waals surface area contributed by atoms with Crippen molar-refractivity contribution in [2.45, 2.75) is 25.5 Å². The van der Waals surface area contributed by atoms with Crippen LogP contribution in [0.5, 0.6) is 17.2 Å². The maximum absolute atomic E-state index is 13.5. The smallest absolute Gasteiger partial charge is 0.255 e. The van der Waals surface area contributed by atoms with Crippen molar-refractivity contribution in [1.29, 1.82) is 0 Å². The molecule has 6 nitrogen and oxygen atoms in total. The topological polar surface area (TPSA) is 84.9 Å². The van der Waals surface area contributed by atoms with Gasteiger partial charge in [-0.05, 0) is 72.5 Å². The van der Waals surface area contributed by atoms with Crippen molar-refractivity contribution in [1.82, 2.24) is 5.32 Å². The molecule has 0 saturated carbocycles. The molecule has 0 saturated heterocycles. The van der Waals surface area contributed by atoms with E-state index in [-0.39, 0.29) is 18.6 Å². The molecule has 2 atom stereocenters. The third-order valence-corrected chi connectivity index (χ3v) is 7.75. The molecule has 7 heteroatoms. The van der Waals surface area contributed by atoms with Crippen LogP contribution < -0.4 is 14.8 Å². The number of ether oxygens (including phenoxy) is 2. The SMILES string of the molecule is CC(O)C(=O)[C@H](Cc1ccc(-c2ccccc2Oc2ccccc2)cc1)NC(=O)c1cc(Br)ccc1OC/C=C/c1ccccc1. The predicted octanol–water partition coefficient (Wildman–Crippen LogP) is 8.29. The molecule has 0 fully saturated rings. The molecular formula is C39H34BrNO5. The van der Waals surface area contributed by atoms with Crippen molar-refractivity contribution in [2.24, 2.45) is 0 Å². The van der Waals surface area contributed by atoms with E-state index in [0.717, 1.165) is 33.8 Å². The van der Waals surface area contributed by atoms with Crippen molar-refractivity contribution in [2.75, 3.05) is 6.61 Å². The summed E-state index contributed by atoms with van der Waals surface area (Å²) in [4.78, 5) is 26.6. The molecule has 1 amide bonds. The number of para-hydroxylation sites is 2. The highest BCUT2D eigenvalue weighted by Crippen LogP contribution is 2.33. The normalized spacial score (nSPS) is 12.3. The lowest BCUT2D eigenvalue weighted by Crippen LogP contribution is -2.46. The van der Waals surface area contributed by atoms with E-state index in [1.54, 1.807) is 18.2 Å². The lowest BCUT2D eigenvalue weighted by Gasteiger charge is -2.20. The van der Waals surface area contributed by atoms with Gasteiger partial charge in [-0.1, -0.05) is 113 Å². The second kappa shape index (κ2) is 15.8. The summed E-state index contributed by atoms with van der Waals surface area (Å²) in [6.07, 6.45) is 2.75. The average Bonchev–Trinajstić information content (AvgIpc) is 3.08. The fourth-order valence-electron chi connectivity index (χ4n) is 4.91. The van der Waals surface area contributed by atoms with Crippen molar-refractivity contribution in [3.63, 3.8) is 0 Å². The van der Waals surface area contributed by atoms with Crippen LogP contribution in [0.3, 0.4) is 0 Å². The van der Waals surface area contributed by atoms with Crippen LogP contribution >= 0.6 is 15.9 Å². The Bertz CT molecular complexity index is 1790. The number of hydrogen-bond donors (Lipinski definition) is 2. The molecule has 0 aliphatic heterocycles. The minimum Gasteiger partial charge on any atom is -0.489 e. The summed E-state index contributed by atoms with van der Waals surface area (Å²) >= 11 is 3.43. The second-order valence-corrected chi connectivity index (χ2v) is 11.6. The van der Waals surface area contributed by atoms with E-state index in [1.165, 1.54) is 6.92 Å². The molecule has 0 aliphatic rings. The molecule has 0 radical (unpaired) electrons. The highest BCUT2D eigenvalue weighted by Gasteiger charge is 2.26. The van der Waals surface area contributed by atoms with Crippen LogP contribution in [0.2, 0.25) is 0 Å². The molecule has 5 rings (SSSR count). The number of hydrogen-bond acceptors (Lipinski definition) is 5. The zero-order valence-electron chi connectivity index (χ0n) is 25.3. The third kappa shape index (κ3) is 8.81. The Hall–Kier alpha value is -4.98. The van der Waals surface area contributed by atoms with E-state index < -0.39 is 23.8 Å². The van der Waals surface area contributed by atoms with Gasteiger partial charge in [-0.2, -0.15) is 0 Å². The van der Waals surface area contributed by atoms with Crippen molar-refractivity contribution in [3.05, 3.63) is 155 Å². The number of benzene rings is 5. The van der Waals surface area contributed by atoms with E-state index in [0.29, 0.717) is 10.2 Å². The molecule has 5 aromatic rings. The first-order valence-electron chi connectivity index (χ1n) is 15.0. The summed E-state index contributed by atoms with van der Waals surface area (Å²) in [6, 6.07) is 39.1. The predicted molar refractivity (Wildman–Crippen MR) is 185 cm³/mol. The molecule has 0 aliphatic carbocycles. The number of aliphatic hydroxyl groups excluding tert-OH is 1. The average molecular weight is 677 g/mol. The number of Topliss-reactive ketones (excluding diaryl/α,β-unsaturated/α-hetero) is 1. The van der Waals surface area contributed by atoms with Crippen LogP contribution in [-0.4, -0.2) is 35.5 Å². The maximum atomic E-state index is 13.5. The number of rotatable bonds is 13. The Morgan fingerprint density at radius 2 is 1.50 bits per heavy atom. The van der Waals surface area contributed by atoms with Gasteiger partial charge in [0.05, 0.1) is 11.6 Å². The first-order valence-corrected chi connectivity index (χ1v) is 15.7. The number of halogens is 1. The Labute approximate surface area is 277 Å². The van der Waals surface area contributed by atoms with Gasteiger partial charge < -0.3 is 19.9 Å². The minimum atomic E-state index is -1.26. The lowest BCUT2D eigenvalue weighted by molar-refractivity contribution is -0.128. The maximum Gasteiger partial charge on any atom is 0.255 e. The number of carbonyl (C=O) groups excluding carboxylic acids is 2. The molecule has 232 valence electrons. The molecule has 5 aromatic carbocycles. The van der Waals surface area contributed by atoms with E-state index >= 15 is 0 Å². The first-order chi connectivity index (χ1) is 22.4. The van der Waals surface area contributed by atoms with Crippen LogP contribution in [-0.2, 0) is 11.2 Å².